The average Bonchev–Trinajstić information content (AvgIpc) is 2.43. The maximum Gasteiger partial charge on any atom is 0.308 e. The number of rotatable bonds is 15. The molecule has 21 heavy (non-hydrogen) atoms. The first-order chi connectivity index (χ1) is 10.2. The second-order valence-electron chi connectivity index (χ2n) is 5.74. The first kappa shape index (κ1) is 21.0. The highest BCUT2D eigenvalue weighted by Gasteiger charge is 2.06. The fraction of sp³-hybridized carbons (Fsp3) is 0.941. The van der Waals surface area contributed by atoms with Crippen molar-refractivity contribution in [1.29, 1.82) is 0 Å². The molecule has 0 aliphatic rings. The Morgan fingerprint density at radius 3 is 1.52 bits per heavy atom. The number of ether oxygens (including phenoxy) is 1. The van der Waals surface area contributed by atoms with E-state index < -0.39 is 5.02 Å². The second-order valence-corrected chi connectivity index (χ2v) is 6.76. The zero-order valence-electron chi connectivity index (χ0n) is 13.5. The SMILES string of the molecule is CCCCCCCCCCCCCCCC(=O)OC(Cl)Cl. The lowest BCUT2D eigenvalue weighted by molar-refractivity contribution is -0.143. The molecule has 0 aromatic rings. The van der Waals surface area contributed by atoms with Crippen LogP contribution >= 0.6 is 23.2 Å². The van der Waals surface area contributed by atoms with E-state index in [9.17, 15) is 4.79 Å². The highest BCUT2D eigenvalue weighted by atomic mass is 35.5. The topological polar surface area (TPSA) is 26.3 Å². The number of alkyl halides is 2. The van der Waals surface area contributed by atoms with Crippen LogP contribution in [0.15, 0.2) is 0 Å². The molecule has 0 saturated carbocycles. The molecule has 0 atom stereocenters. The van der Waals surface area contributed by atoms with Crippen molar-refractivity contribution in [3.8, 4) is 0 Å². The zero-order chi connectivity index (χ0) is 15.8. The van der Waals surface area contributed by atoms with Crippen LogP contribution < -0.4 is 0 Å². The van der Waals surface area contributed by atoms with Gasteiger partial charge < -0.3 is 4.74 Å². The Morgan fingerprint density at radius 2 is 1.14 bits per heavy atom. The van der Waals surface area contributed by atoms with Crippen LogP contribution in [-0.2, 0) is 9.53 Å². The summed E-state index contributed by atoms with van der Waals surface area (Å²) in [4.78, 5) is 11.2. The Kier molecular flexibility index (Phi) is 16.5. The molecule has 0 fully saturated rings. The third-order valence-corrected chi connectivity index (χ3v) is 3.88. The highest BCUT2D eigenvalue weighted by Crippen LogP contribution is 2.13. The monoisotopic (exact) mass is 338 g/mol. The van der Waals surface area contributed by atoms with Gasteiger partial charge >= 0.3 is 5.97 Å². The number of hydrogen-bond donors (Lipinski definition) is 0. The molecule has 0 N–H and O–H groups in total. The number of carbonyl (C=O) groups is 1. The number of hydrogen-bond acceptors (Lipinski definition) is 2. The molecule has 126 valence electrons. The maximum absolute atomic E-state index is 11.2. The van der Waals surface area contributed by atoms with Gasteiger partial charge in [-0.2, -0.15) is 0 Å². The van der Waals surface area contributed by atoms with Crippen LogP contribution in [-0.4, -0.2) is 11.0 Å². The summed E-state index contributed by atoms with van der Waals surface area (Å²) >= 11 is 10.7. The number of carbonyl (C=O) groups excluding carboxylic acids is 1. The van der Waals surface area contributed by atoms with Crippen LogP contribution in [0.3, 0.4) is 0 Å². The van der Waals surface area contributed by atoms with Crippen molar-refractivity contribution in [2.45, 2.75) is 102 Å². The van der Waals surface area contributed by atoms with Gasteiger partial charge in [0.15, 0.2) is 0 Å². The van der Waals surface area contributed by atoms with Gasteiger partial charge in [0, 0.05) is 6.42 Å². The van der Waals surface area contributed by atoms with Crippen molar-refractivity contribution >= 4 is 29.2 Å². The van der Waals surface area contributed by atoms with Crippen molar-refractivity contribution in [1.82, 2.24) is 0 Å². The molecule has 0 heterocycles. The van der Waals surface area contributed by atoms with Crippen molar-refractivity contribution in [3.05, 3.63) is 0 Å². The third-order valence-electron chi connectivity index (χ3n) is 3.70. The number of esters is 1. The smallest absolute Gasteiger partial charge is 0.308 e. The minimum Gasteiger partial charge on any atom is -0.431 e. The van der Waals surface area contributed by atoms with E-state index in [2.05, 4.69) is 11.7 Å². The molecule has 0 aromatic heterocycles. The summed E-state index contributed by atoms with van der Waals surface area (Å²) in [5.41, 5.74) is 0. The van der Waals surface area contributed by atoms with Crippen LogP contribution in [0, 0.1) is 0 Å². The van der Waals surface area contributed by atoms with Crippen LogP contribution in [0.4, 0.5) is 0 Å². The molecule has 0 bridgehead atoms. The first-order valence-corrected chi connectivity index (χ1v) is 9.51. The highest BCUT2D eigenvalue weighted by molar-refractivity contribution is 6.43. The minimum atomic E-state index is -1.03. The van der Waals surface area contributed by atoms with E-state index in [0.29, 0.717) is 6.42 Å². The maximum atomic E-state index is 11.2. The molecule has 0 spiro atoms. The lowest BCUT2D eigenvalue weighted by Gasteiger charge is -2.05. The summed E-state index contributed by atoms with van der Waals surface area (Å²) in [5.74, 6) is -0.298. The van der Waals surface area contributed by atoms with Crippen molar-refractivity contribution in [3.63, 3.8) is 0 Å². The van der Waals surface area contributed by atoms with E-state index in [-0.39, 0.29) is 5.97 Å². The van der Waals surface area contributed by atoms with Gasteiger partial charge in [-0.3, -0.25) is 4.79 Å². The van der Waals surface area contributed by atoms with E-state index >= 15 is 0 Å². The Bertz CT molecular complexity index is 233. The van der Waals surface area contributed by atoms with Crippen LogP contribution in [0.1, 0.15) is 96.8 Å². The van der Waals surface area contributed by atoms with Crippen LogP contribution in [0.5, 0.6) is 0 Å². The summed E-state index contributed by atoms with van der Waals surface area (Å²) < 4.78 is 4.65. The minimum absolute atomic E-state index is 0.298. The molecule has 2 nitrogen and oxygen atoms in total. The first-order valence-electron chi connectivity index (χ1n) is 8.64. The molecule has 0 aromatic carbocycles. The van der Waals surface area contributed by atoms with Gasteiger partial charge in [0.1, 0.15) is 0 Å². The van der Waals surface area contributed by atoms with Gasteiger partial charge in [-0.05, 0) is 6.42 Å². The quantitative estimate of drug-likeness (QED) is 0.187. The van der Waals surface area contributed by atoms with Crippen molar-refractivity contribution in [2.75, 3.05) is 0 Å². The normalized spacial score (nSPS) is 11.0. The number of unbranched alkanes of at least 4 members (excludes halogenated alkanes) is 12. The van der Waals surface area contributed by atoms with E-state index in [1.54, 1.807) is 0 Å². The van der Waals surface area contributed by atoms with E-state index in [1.165, 1.54) is 70.6 Å². The summed E-state index contributed by atoms with van der Waals surface area (Å²) in [7, 11) is 0. The van der Waals surface area contributed by atoms with Crippen molar-refractivity contribution in [2.24, 2.45) is 0 Å². The molecule has 0 radical (unpaired) electrons. The molecule has 0 unspecified atom stereocenters. The van der Waals surface area contributed by atoms with Gasteiger partial charge in [-0.25, -0.2) is 0 Å². The summed E-state index contributed by atoms with van der Waals surface area (Å²) in [5, 5.41) is -1.03. The summed E-state index contributed by atoms with van der Waals surface area (Å²) in [6, 6.07) is 0. The Balaban J connectivity index is 3.07. The fourth-order valence-corrected chi connectivity index (χ4v) is 2.64. The fourth-order valence-electron chi connectivity index (χ4n) is 2.45. The standard InChI is InChI=1S/C17H32Cl2O2/c1-2-3-4-5-6-7-8-9-10-11-12-13-14-15-16(20)21-17(18)19/h17H,2-15H2,1H3. The number of halogens is 2. The molecule has 0 amide bonds. The van der Waals surface area contributed by atoms with Gasteiger partial charge in [0.25, 0.3) is 5.02 Å². The van der Waals surface area contributed by atoms with Crippen molar-refractivity contribution < 1.29 is 9.53 Å². The molecular weight excluding hydrogens is 307 g/mol. The Morgan fingerprint density at radius 1 is 0.762 bits per heavy atom. The van der Waals surface area contributed by atoms with Gasteiger partial charge in [0.2, 0.25) is 0 Å². The van der Waals surface area contributed by atoms with E-state index in [4.69, 9.17) is 23.2 Å². The summed E-state index contributed by atoms with van der Waals surface area (Å²) in [6.07, 6.45) is 17.3. The molecule has 0 aliphatic carbocycles. The Labute approximate surface area is 140 Å². The molecule has 0 aliphatic heterocycles. The van der Waals surface area contributed by atoms with Gasteiger partial charge in [0.05, 0.1) is 0 Å². The van der Waals surface area contributed by atoms with E-state index in [0.717, 1.165) is 12.8 Å². The molecule has 0 rings (SSSR count). The lowest BCUT2D eigenvalue weighted by Crippen LogP contribution is -2.07. The molecular formula is C17H32Cl2O2. The third kappa shape index (κ3) is 18.0. The Hall–Kier alpha value is 0.0500. The van der Waals surface area contributed by atoms with Gasteiger partial charge in [-0.15, -0.1) is 0 Å². The predicted octanol–water partition coefficient (Wildman–Crippen LogP) is 6.77. The zero-order valence-corrected chi connectivity index (χ0v) is 15.1. The average molecular weight is 339 g/mol. The van der Waals surface area contributed by atoms with Crippen LogP contribution in [0.2, 0.25) is 0 Å². The lowest BCUT2D eigenvalue weighted by atomic mass is 10.0. The molecule has 4 heteroatoms. The second kappa shape index (κ2) is 16.4. The molecule has 0 saturated heterocycles. The van der Waals surface area contributed by atoms with Crippen LogP contribution in [0.25, 0.3) is 0 Å². The summed E-state index contributed by atoms with van der Waals surface area (Å²) in [6.45, 7) is 2.26. The van der Waals surface area contributed by atoms with E-state index in [1.807, 2.05) is 0 Å². The largest absolute Gasteiger partial charge is 0.431 e. The van der Waals surface area contributed by atoms with Gasteiger partial charge in [-0.1, -0.05) is 107 Å². The predicted molar refractivity (Wildman–Crippen MR) is 91.9 cm³/mol.